The number of rotatable bonds is 2. The third kappa shape index (κ3) is 3.15. The lowest BCUT2D eigenvalue weighted by Crippen LogP contribution is -2.20. The standard InChI is InChI=1S/C15H10F3N3O2/c1-21-14(22)12-8-10(4-7-13(12)19-20-21)9-2-5-11(6-3-9)23-15(16,17)18/h2-8H,1H3. The quantitative estimate of drug-likeness (QED) is 0.728. The number of aryl methyl sites for hydroxylation is 1. The number of hydrogen-bond donors (Lipinski definition) is 0. The third-order valence-electron chi connectivity index (χ3n) is 3.23. The summed E-state index contributed by atoms with van der Waals surface area (Å²) in [5.74, 6) is -0.302. The summed E-state index contributed by atoms with van der Waals surface area (Å²) >= 11 is 0. The maximum Gasteiger partial charge on any atom is 0.573 e. The predicted molar refractivity (Wildman–Crippen MR) is 76.9 cm³/mol. The number of benzene rings is 2. The molecule has 2 aromatic carbocycles. The second-order valence-electron chi connectivity index (χ2n) is 4.82. The minimum atomic E-state index is -4.73. The Kier molecular flexibility index (Phi) is 3.51. The van der Waals surface area contributed by atoms with Gasteiger partial charge in [-0.25, -0.2) is 4.68 Å². The van der Waals surface area contributed by atoms with E-state index in [0.29, 0.717) is 22.0 Å². The summed E-state index contributed by atoms with van der Waals surface area (Å²) < 4.78 is 41.4. The van der Waals surface area contributed by atoms with Crippen LogP contribution in [0.4, 0.5) is 13.2 Å². The number of ether oxygens (including phenoxy) is 1. The Hall–Kier alpha value is -2.90. The molecule has 0 bridgehead atoms. The molecule has 0 aliphatic heterocycles. The minimum absolute atomic E-state index is 0.297. The zero-order valence-corrected chi connectivity index (χ0v) is 11.8. The van der Waals surface area contributed by atoms with Crippen molar-refractivity contribution < 1.29 is 17.9 Å². The van der Waals surface area contributed by atoms with Crippen molar-refractivity contribution in [2.24, 2.45) is 7.05 Å². The monoisotopic (exact) mass is 321 g/mol. The summed E-state index contributed by atoms with van der Waals surface area (Å²) in [6.45, 7) is 0. The van der Waals surface area contributed by atoms with Crippen molar-refractivity contribution in [2.75, 3.05) is 0 Å². The molecule has 23 heavy (non-hydrogen) atoms. The molecule has 3 rings (SSSR count). The molecular formula is C15H10F3N3O2. The normalized spacial score (nSPS) is 11.7. The highest BCUT2D eigenvalue weighted by molar-refractivity contribution is 5.83. The summed E-state index contributed by atoms with van der Waals surface area (Å²) in [6.07, 6.45) is -4.73. The lowest BCUT2D eigenvalue weighted by molar-refractivity contribution is -0.274. The molecule has 0 atom stereocenters. The Labute approximate surface area is 127 Å². The average Bonchev–Trinajstić information content (AvgIpc) is 2.50. The zero-order chi connectivity index (χ0) is 16.6. The van der Waals surface area contributed by atoms with Crippen molar-refractivity contribution in [3.63, 3.8) is 0 Å². The largest absolute Gasteiger partial charge is 0.573 e. The Bertz CT molecular complexity index is 918. The molecule has 0 saturated heterocycles. The topological polar surface area (TPSA) is 57.0 Å². The fraction of sp³-hybridized carbons (Fsp3) is 0.133. The highest BCUT2D eigenvalue weighted by atomic mass is 19.4. The van der Waals surface area contributed by atoms with Gasteiger partial charge in [-0.05, 0) is 35.4 Å². The predicted octanol–water partition coefficient (Wildman–Crippen LogP) is 2.89. The van der Waals surface area contributed by atoms with Gasteiger partial charge in [0, 0.05) is 7.05 Å². The van der Waals surface area contributed by atoms with Gasteiger partial charge in [0.2, 0.25) is 0 Å². The van der Waals surface area contributed by atoms with E-state index in [1.54, 1.807) is 18.2 Å². The number of halogens is 3. The molecule has 0 aliphatic carbocycles. The summed E-state index contributed by atoms with van der Waals surface area (Å²) in [7, 11) is 1.49. The van der Waals surface area contributed by atoms with E-state index in [2.05, 4.69) is 15.0 Å². The van der Waals surface area contributed by atoms with Gasteiger partial charge in [0.1, 0.15) is 11.3 Å². The van der Waals surface area contributed by atoms with Crippen molar-refractivity contribution in [3.8, 4) is 16.9 Å². The highest BCUT2D eigenvalue weighted by Gasteiger charge is 2.30. The smallest absolute Gasteiger partial charge is 0.406 e. The van der Waals surface area contributed by atoms with Gasteiger partial charge in [0.15, 0.2) is 0 Å². The van der Waals surface area contributed by atoms with Crippen LogP contribution in [0.25, 0.3) is 22.0 Å². The van der Waals surface area contributed by atoms with E-state index in [1.165, 1.54) is 31.3 Å². The van der Waals surface area contributed by atoms with Crippen LogP contribution in [-0.2, 0) is 7.05 Å². The Morgan fingerprint density at radius 3 is 2.35 bits per heavy atom. The molecule has 5 nitrogen and oxygen atoms in total. The Balaban J connectivity index is 2.00. The molecule has 0 fully saturated rings. The maximum atomic E-state index is 12.1. The van der Waals surface area contributed by atoms with Gasteiger partial charge in [-0.15, -0.1) is 18.3 Å². The lowest BCUT2D eigenvalue weighted by Gasteiger charge is -2.09. The van der Waals surface area contributed by atoms with Crippen molar-refractivity contribution >= 4 is 10.9 Å². The van der Waals surface area contributed by atoms with Crippen LogP contribution in [0.15, 0.2) is 47.3 Å². The van der Waals surface area contributed by atoms with Crippen LogP contribution in [0.2, 0.25) is 0 Å². The number of alkyl halides is 3. The van der Waals surface area contributed by atoms with E-state index in [0.717, 1.165) is 4.68 Å². The van der Waals surface area contributed by atoms with Crippen molar-refractivity contribution in [1.29, 1.82) is 0 Å². The van der Waals surface area contributed by atoms with Crippen LogP contribution in [-0.4, -0.2) is 21.4 Å². The van der Waals surface area contributed by atoms with Crippen LogP contribution in [0.3, 0.4) is 0 Å². The van der Waals surface area contributed by atoms with Gasteiger partial charge in [0.05, 0.1) is 5.39 Å². The molecule has 1 heterocycles. The van der Waals surface area contributed by atoms with Crippen molar-refractivity contribution in [2.45, 2.75) is 6.36 Å². The lowest BCUT2D eigenvalue weighted by atomic mass is 10.0. The van der Waals surface area contributed by atoms with Gasteiger partial charge in [-0.1, -0.05) is 23.4 Å². The van der Waals surface area contributed by atoms with Gasteiger partial charge in [-0.3, -0.25) is 4.79 Å². The van der Waals surface area contributed by atoms with Crippen LogP contribution in [0, 0.1) is 0 Å². The van der Waals surface area contributed by atoms with Gasteiger partial charge >= 0.3 is 6.36 Å². The maximum absolute atomic E-state index is 12.1. The average molecular weight is 321 g/mol. The summed E-state index contributed by atoms with van der Waals surface area (Å²) in [6, 6.07) is 10.4. The number of hydrogen-bond acceptors (Lipinski definition) is 4. The molecule has 0 amide bonds. The third-order valence-corrected chi connectivity index (χ3v) is 3.23. The molecule has 0 saturated carbocycles. The summed E-state index contributed by atoms with van der Waals surface area (Å²) in [4.78, 5) is 12.0. The van der Waals surface area contributed by atoms with E-state index < -0.39 is 6.36 Å². The van der Waals surface area contributed by atoms with E-state index in [4.69, 9.17) is 0 Å². The highest BCUT2D eigenvalue weighted by Crippen LogP contribution is 2.27. The number of aromatic nitrogens is 3. The molecule has 0 radical (unpaired) electrons. The molecule has 0 unspecified atom stereocenters. The first-order valence-electron chi connectivity index (χ1n) is 6.53. The fourth-order valence-electron chi connectivity index (χ4n) is 2.15. The van der Waals surface area contributed by atoms with Crippen molar-refractivity contribution in [1.82, 2.24) is 15.0 Å². The minimum Gasteiger partial charge on any atom is -0.406 e. The summed E-state index contributed by atoms with van der Waals surface area (Å²) in [5, 5.41) is 7.97. The zero-order valence-electron chi connectivity index (χ0n) is 11.8. The van der Waals surface area contributed by atoms with Crippen molar-refractivity contribution in [3.05, 3.63) is 52.8 Å². The molecule has 1 aromatic heterocycles. The first-order valence-corrected chi connectivity index (χ1v) is 6.53. The molecule has 0 N–H and O–H groups in total. The van der Waals surface area contributed by atoms with Crippen LogP contribution < -0.4 is 10.3 Å². The van der Waals surface area contributed by atoms with Gasteiger partial charge in [-0.2, -0.15) is 0 Å². The molecule has 8 heteroatoms. The SMILES string of the molecule is Cn1nnc2ccc(-c3ccc(OC(F)(F)F)cc3)cc2c1=O. The van der Waals surface area contributed by atoms with E-state index in [9.17, 15) is 18.0 Å². The molecule has 118 valence electrons. The first kappa shape index (κ1) is 15.0. The molecule has 0 spiro atoms. The number of fused-ring (bicyclic) bond motifs is 1. The summed E-state index contributed by atoms with van der Waals surface area (Å²) in [5.41, 5.74) is 1.49. The van der Waals surface area contributed by atoms with E-state index in [-0.39, 0.29) is 11.3 Å². The molecule has 3 aromatic rings. The fourth-order valence-corrected chi connectivity index (χ4v) is 2.15. The van der Waals surface area contributed by atoms with Crippen LogP contribution in [0.5, 0.6) is 5.75 Å². The van der Waals surface area contributed by atoms with E-state index >= 15 is 0 Å². The first-order chi connectivity index (χ1) is 10.8. The van der Waals surface area contributed by atoms with Gasteiger partial charge in [0.25, 0.3) is 5.56 Å². The van der Waals surface area contributed by atoms with E-state index in [1.807, 2.05) is 0 Å². The van der Waals surface area contributed by atoms with Crippen LogP contribution in [0.1, 0.15) is 0 Å². The Morgan fingerprint density at radius 2 is 1.70 bits per heavy atom. The molecule has 0 aliphatic rings. The van der Waals surface area contributed by atoms with Gasteiger partial charge < -0.3 is 4.74 Å². The van der Waals surface area contributed by atoms with Crippen LogP contribution >= 0.6 is 0 Å². The number of nitrogens with zero attached hydrogens (tertiary/aromatic N) is 3. The second-order valence-corrected chi connectivity index (χ2v) is 4.82. The molecular weight excluding hydrogens is 311 g/mol. The second kappa shape index (κ2) is 5.38. The Morgan fingerprint density at radius 1 is 1.04 bits per heavy atom.